The van der Waals surface area contributed by atoms with Crippen molar-refractivity contribution in [1.82, 2.24) is 0 Å². The molecule has 0 N–H and O–H groups in total. The van der Waals surface area contributed by atoms with E-state index in [1.54, 1.807) is 0 Å². The van der Waals surface area contributed by atoms with Gasteiger partial charge in [0.1, 0.15) is 18.1 Å². The molecule has 1 saturated carbocycles. The highest BCUT2D eigenvalue weighted by Crippen LogP contribution is 2.31. The first-order chi connectivity index (χ1) is 8.74. The Hall–Kier alpha value is -1.31. The van der Waals surface area contributed by atoms with Crippen molar-refractivity contribution in [3.8, 4) is 5.75 Å². The van der Waals surface area contributed by atoms with Gasteiger partial charge in [-0.1, -0.05) is 25.5 Å². The zero-order chi connectivity index (χ0) is 13.0. The second-order valence-corrected chi connectivity index (χ2v) is 5.25. The molecule has 0 bridgehead atoms. The molecule has 1 aromatic rings. The summed E-state index contributed by atoms with van der Waals surface area (Å²) in [6, 6.07) is 5.67. The molecule has 2 nitrogen and oxygen atoms in total. The highest BCUT2D eigenvalue weighted by atomic mass is 16.5. The Morgan fingerprint density at radius 3 is 2.83 bits per heavy atom. The van der Waals surface area contributed by atoms with Crippen LogP contribution in [0.2, 0.25) is 0 Å². The molecular weight excluding hydrogens is 224 g/mol. The Labute approximate surface area is 109 Å². The Kier molecular flexibility index (Phi) is 4.40. The number of benzene rings is 1. The predicted molar refractivity (Wildman–Crippen MR) is 73.2 cm³/mol. The van der Waals surface area contributed by atoms with Gasteiger partial charge in [-0.15, -0.1) is 0 Å². The number of hydrogen-bond donors (Lipinski definition) is 0. The minimum atomic E-state index is 0.323. The lowest BCUT2D eigenvalue weighted by Gasteiger charge is -2.31. The average molecular weight is 246 g/mol. The van der Waals surface area contributed by atoms with Gasteiger partial charge in [-0.2, -0.15) is 0 Å². The molecule has 0 amide bonds. The van der Waals surface area contributed by atoms with Crippen LogP contribution < -0.4 is 4.74 Å². The molecule has 1 aliphatic rings. The van der Waals surface area contributed by atoms with Crippen LogP contribution in [0.3, 0.4) is 0 Å². The monoisotopic (exact) mass is 246 g/mol. The molecule has 0 aromatic heterocycles. The molecule has 2 unspecified atom stereocenters. The second-order valence-electron chi connectivity index (χ2n) is 5.25. The van der Waals surface area contributed by atoms with Crippen LogP contribution in [0.5, 0.6) is 5.75 Å². The number of carbonyl (C=O) groups is 1. The minimum Gasteiger partial charge on any atom is -0.490 e. The number of hydrogen-bond acceptors (Lipinski definition) is 2. The number of rotatable bonds is 4. The first kappa shape index (κ1) is 13.1. The van der Waals surface area contributed by atoms with Gasteiger partial charge in [0, 0.05) is 5.56 Å². The van der Waals surface area contributed by atoms with Gasteiger partial charge in [0.25, 0.3) is 0 Å². The number of carbonyl (C=O) groups excluding carboxylic acids is 1. The maximum atomic E-state index is 10.8. The fourth-order valence-electron chi connectivity index (χ4n) is 2.78. The van der Waals surface area contributed by atoms with Crippen molar-refractivity contribution >= 4 is 6.29 Å². The topological polar surface area (TPSA) is 26.3 Å². The lowest BCUT2D eigenvalue weighted by Crippen LogP contribution is -2.30. The molecule has 2 heteroatoms. The largest absolute Gasteiger partial charge is 0.490 e. The Bertz CT molecular complexity index is 412. The number of ether oxygens (including phenoxy) is 1. The van der Waals surface area contributed by atoms with Crippen molar-refractivity contribution < 1.29 is 9.53 Å². The van der Waals surface area contributed by atoms with Crippen molar-refractivity contribution in [2.24, 2.45) is 5.92 Å². The molecule has 0 saturated heterocycles. The third-order valence-corrected chi connectivity index (χ3v) is 3.99. The molecule has 1 aliphatic carbocycles. The van der Waals surface area contributed by atoms with Crippen molar-refractivity contribution in [2.75, 3.05) is 0 Å². The van der Waals surface area contributed by atoms with E-state index in [-0.39, 0.29) is 0 Å². The third-order valence-electron chi connectivity index (χ3n) is 3.99. The van der Waals surface area contributed by atoms with E-state index in [1.807, 2.05) is 25.1 Å². The van der Waals surface area contributed by atoms with E-state index >= 15 is 0 Å². The van der Waals surface area contributed by atoms with E-state index in [1.165, 1.54) is 25.7 Å². The number of aryl methyl sites for hydroxylation is 1. The summed E-state index contributed by atoms with van der Waals surface area (Å²) in [4.78, 5) is 10.8. The molecule has 0 heterocycles. The Morgan fingerprint density at radius 1 is 1.33 bits per heavy atom. The summed E-state index contributed by atoms with van der Waals surface area (Å²) < 4.78 is 6.17. The molecule has 2 atom stereocenters. The molecule has 18 heavy (non-hydrogen) atoms. The van der Waals surface area contributed by atoms with Gasteiger partial charge in [-0.05, 0) is 50.2 Å². The van der Waals surface area contributed by atoms with Crippen LogP contribution in [0, 0.1) is 12.8 Å². The predicted octanol–water partition coefficient (Wildman–Crippen LogP) is 4.16. The van der Waals surface area contributed by atoms with E-state index in [9.17, 15) is 4.79 Å². The van der Waals surface area contributed by atoms with Gasteiger partial charge in [0.05, 0.1) is 0 Å². The SMILES string of the molecule is CCC1CCCCC1Oc1cc(C=O)ccc1C. The molecule has 98 valence electrons. The van der Waals surface area contributed by atoms with Crippen molar-refractivity contribution in [2.45, 2.75) is 52.1 Å². The smallest absolute Gasteiger partial charge is 0.150 e. The maximum Gasteiger partial charge on any atom is 0.150 e. The fourth-order valence-corrected chi connectivity index (χ4v) is 2.78. The summed E-state index contributed by atoms with van der Waals surface area (Å²) in [6.45, 7) is 4.27. The van der Waals surface area contributed by atoms with Gasteiger partial charge in [-0.25, -0.2) is 0 Å². The number of aldehydes is 1. The van der Waals surface area contributed by atoms with Crippen LogP contribution in [0.4, 0.5) is 0 Å². The first-order valence-corrected chi connectivity index (χ1v) is 6.97. The lowest BCUT2D eigenvalue weighted by atomic mass is 9.84. The van der Waals surface area contributed by atoms with Gasteiger partial charge < -0.3 is 4.74 Å². The van der Waals surface area contributed by atoms with Crippen molar-refractivity contribution in [3.63, 3.8) is 0 Å². The normalized spacial score (nSPS) is 23.7. The van der Waals surface area contributed by atoms with Crippen LogP contribution in [0.15, 0.2) is 18.2 Å². The molecule has 1 aromatic carbocycles. The molecular formula is C16H22O2. The Balaban J connectivity index is 2.14. The van der Waals surface area contributed by atoms with Crippen LogP contribution in [0.25, 0.3) is 0 Å². The van der Waals surface area contributed by atoms with E-state index in [0.717, 1.165) is 24.0 Å². The van der Waals surface area contributed by atoms with Crippen LogP contribution in [-0.4, -0.2) is 12.4 Å². The zero-order valence-electron chi connectivity index (χ0n) is 11.3. The van der Waals surface area contributed by atoms with E-state index in [4.69, 9.17) is 4.74 Å². The maximum absolute atomic E-state index is 10.8. The third kappa shape index (κ3) is 2.92. The van der Waals surface area contributed by atoms with E-state index < -0.39 is 0 Å². The summed E-state index contributed by atoms with van der Waals surface area (Å²) in [6.07, 6.45) is 7.38. The fraction of sp³-hybridized carbons (Fsp3) is 0.562. The van der Waals surface area contributed by atoms with E-state index in [0.29, 0.717) is 17.6 Å². The molecule has 2 rings (SSSR count). The second kappa shape index (κ2) is 6.03. The molecule has 1 fully saturated rings. The van der Waals surface area contributed by atoms with Crippen molar-refractivity contribution in [1.29, 1.82) is 0 Å². The molecule has 0 aliphatic heterocycles. The summed E-state index contributed by atoms with van der Waals surface area (Å²) in [5.74, 6) is 1.54. The summed E-state index contributed by atoms with van der Waals surface area (Å²) in [5, 5.41) is 0. The molecule has 0 spiro atoms. The summed E-state index contributed by atoms with van der Waals surface area (Å²) >= 11 is 0. The summed E-state index contributed by atoms with van der Waals surface area (Å²) in [7, 11) is 0. The highest BCUT2D eigenvalue weighted by Gasteiger charge is 2.25. The van der Waals surface area contributed by atoms with Gasteiger partial charge >= 0.3 is 0 Å². The minimum absolute atomic E-state index is 0.323. The van der Waals surface area contributed by atoms with Crippen LogP contribution in [0.1, 0.15) is 54.9 Å². The standard InChI is InChI=1S/C16H22O2/c1-3-14-6-4-5-7-15(14)18-16-10-13(11-17)9-8-12(16)2/h8-11,14-15H,3-7H2,1-2H3. The van der Waals surface area contributed by atoms with Crippen molar-refractivity contribution in [3.05, 3.63) is 29.3 Å². The Morgan fingerprint density at radius 2 is 2.11 bits per heavy atom. The quantitative estimate of drug-likeness (QED) is 0.746. The lowest BCUT2D eigenvalue weighted by molar-refractivity contribution is 0.0894. The average Bonchev–Trinajstić information content (AvgIpc) is 2.42. The zero-order valence-corrected chi connectivity index (χ0v) is 11.3. The van der Waals surface area contributed by atoms with Crippen LogP contribution >= 0.6 is 0 Å². The highest BCUT2D eigenvalue weighted by molar-refractivity contribution is 5.75. The van der Waals surface area contributed by atoms with E-state index in [2.05, 4.69) is 6.92 Å². The molecule has 0 radical (unpaired) electrons. The first-order valence-electron chi connectivity index (χ1n) is 6.97. The van der Waals surface area contributed by atoms with Gasteiger partial charge in [-0.3, -0.25) is 4.79 Å². The van der Waals surface area contributed by atoms with Gasteiger partial charge in [0.15, 0.2) is 0 Å². The summed E-state index contributed by atoms with van der Waals surface area (Å²) in [5.41, 5.74) is 1.81. The van der Waals surface area contributed by atoms with Gasteiger partial charge in [0.2, 0.25) is 0 Å². The van der Waals surface area contributed by atoms with Crippen LogP contribution in [-0.2, 0) is 0 Å².